The Balaban J connectivity index is 3.35. The van der Waals surface area contributed by atoms with Crippen LogP contribution >= 0.6 is 34.2 Å². The summed E-state index contributed by atoms with van der Waals surface area (Å²) in [5.74, 6) is 0. The minimum Gasteiger partial charge on any atom is -0.298 e. The molecule has 1 rings (SSSR count). The van der Waals surface area contributed by atoms with Crippen LogP contribution in [0, 0.1) is 3.57 Å². The molecule has 0 bridgehead atoms. The molecule has 0 aromatic carbocycles. The van der Waals surface area contributed by atoms with E-state index in [0.29, 0.717) is 6.29 Å². The van der Waals surface area contributed by atoms with Gasteiger partial charge in [0.1, 0.15) is 10.8 Å². The molecule has 1 heterocycles. The van der Waals surface area contributed by atoms with Gasteiger partial charge in [0, 0.05) is 5.56 Å². The fourth-order valence-corrected chi connectivity index (χ4v) is 1.61. The standard InChI is InChI=1S/C7H3ClF2INO/c8-4-1-3(2-13)5(11)6(12-4)7(9)10/h1-2,7H. The van der Waals surface area contributed by atoms with E-state index in [1.165, 1.54) is 6.07 Å². The summed E-state index contributed by atoms with van der Waals surface area (Å²) in [6.07, 6.45) is -2.24. The zero-order chi connectivity index (χ0) is 10.0. The molecule has 0 aliphatic heterocycles. The SMILES string of the molecule is O=Cc1cc(Cl)nc(C(F)F)c1I. The van der Waals surface area contributed by atoms with Crippen LogP contribution in [0.4, 0.5) is 8.78 Å². The highest BCUT2D eigenvalue weighted by molar-refractivity contribution is 14.1. The van der Waals surface area contributed by atoms with Gasteiger partial charge in [-0.2, -0.15) is 0 Å². The van der Waals surface area contributed by atoms with Crippen molar-refractivity contribution in [3.8, 4) is 0 Å². The van der Waals surface area contributed by atoms with E-state index >= 15 is 0 Å². The molecule has 0 saturated carbocycles. The van der Waals surface area contributed by atoms with Gasteiger partial charge < -0.3 is 0 Å². The molecule has 0 unspecified atom stereocenters. The summed E-state index contributed by atoms with van der Waals surface area (Å²) in [6, 6.07) is 1.25. The van der Waals surface area contributed by atoms with Crippen molar-refractivity contribution in [2.75, 3.05) is 0 Å². The van der Waals surface area contributed by atoms with Gasteiger partial charge in [0.25, 0.3) is 6.43 Å². The number of rotatable bonds is 2. The number of nitrogens with zero attached hydrogens (tertiary/aromatic N) is 1. The van der Waals surface area contributed by atoms with Crippen molar-refractivity contribution in [2.24, 2.45) is 0 Å². The van der Waals surface area contributed by atoms with E-state index in [-0.39, 0.29) is 14.3 Å². The number of pyridine rings is 1. The summed E-state index contributed by atoms with van der Waals surface area (Å²) in [6.45, 7) is 0. The van der Waals surface area contributed by atoms with Gasteiger partial charge in [-0.1, -0.05) is 11.6 Å². The lowest BCUT2D eigenvalue weighted by atomic mass is 10.2. The monoisotopic (exact) mass is 317 g/mol. The highest BCUT2D eigenvalue weighted by Gasteiger charge is 2.17. The molecule has 0 N–H and O–H groups in total. The maximum absolute atomic E-state index is 12.3. The molecule has 0 saturated heterocycles. The minimum absolute atomic E-state index is 0.0992. The quantitative estimate of drug-likeness (QED) is 0.477. The number of hydrogen-bond donors (Lipinski definition) is 0. The third-order valence-electron chi connectivity index (χ3n) is 1.31. The van der Waals surface area contributed by atoms with Crippen molar-refractivity contribution in [1.29, 1.82) is 0 Å². The van der Waals surface area contributed by atoms with Gasteiger partial charge in [-0.3, -0.25) is 4.79 Å². The predicted molar refractivity (Wildman–Crippen MR) is 52.3 cm³/mol. The smallest absolute Gasteiger partial charge is 0.281 e. The van der Waals surface area contributed by atoms with Crippen LogP contribution in [0.3, 0.4) is 0 Å². The van der Waals surface area contributed by atoms with E-state index in [9.17, 15) is 13.6 Å². The Morgan fingerprint density at radius 3 is 2.69 bits per heavy atom. The zero-order valence-electron chi connectivity index (χ0n) is 6.10. The summed E-state index contributed by atoms with van der Waals surface area (Å²) in [4.78, 5) is 13.8. The van der Waals surface area contributed by atoms with Gasteiger partial charge in [-0.05, 0) is 28.7 Å². The lowest BCUT2D eigenvalue weighted by Gasteiger charge is -2.04. The molecule has 1 aromatic rings. The zero-order valence-corrected chi connectivity index (χ0v) is 9.01. The Labute approximate surface area is 91.4 Å². The van der Waals surface area contributed by atoms with Crippen molar-refractivity contribution >= 4 is 40.5 Å². The molecular formula is C7H3ClF2INO. The average Bonchev–Trinajstić information content (AvgIpc) is 2.08. The van der Waals surface area contributed by atoms with E-state index in [0.717, 1.165) is 0 Å². The molecule has 13 heavy (non-hydrogen) atoms. The first-order valence-corrected chi connectivity index (χ1v) is 4.61. The van der Waals surface area contributed by atoms with Gasteiger partial charge in [0.2, 0.25) is 0 Å². The Morgan fingerprint density at radius 2 is 2.23 bits per heavy atom. The molecule has 0 amide bonds. The average molecular weight is 317 g/mol. The summed E-state index contributed by atoms with van der Waals surface area (Å²) >= 11 is 7.08. The number of hydrogen-bond acceptors (Lipinski definition) is 2. The highest BCUT2D eigenvalue weighted by Crippen LogP contribution is 2.26. The molecule has 0 aliphatic rings. The van der Waals surface area contributed by atoms with Gasteiger partial charge in [0.05, 0.1) is 3.57 Å². The third-order valence-corrected chi connectivity index (χ3v) is 2.68. The molecule has 0 fully saturated rings. The summed E-state index contributed by atoms with van der Waals surface area (Å²) < 4.78 is 24.7. The Kier molecular flexibility index (Phi) is 3.55. The van der Waals surface area contributed by atoms with Crippen LogP contribution in [0.1, 0.15) is 22.5 Å². The highest BCUT2D eigenvalue weighted by atomic mass is 127. The van der Waals surface area contributed by atoms with E-state index < -0.39 is 12.1 Å². The molecule has 0 aliphatic carbocycles. The molecule has 0 radical (unpaired) electrons. The van der Waals surface area contributed by atoms with Crippen molar-refractivity contribution in [3.05, 3.63) is 26.0 Å². The third kappa shape index (κ3) is 2.34. The second-order valence-corrected chi connectivity index (χ2v) is 3.62. The minimum atomic E-state index is -2.72. The number of aldehydes is 1. The fraction of sp³-hybridized carbons (Fsp3) is 0.143. The predicted octanol–water partition coefficient (Wildman–Crippen LogP) is 3.09. The van der Waals surface area contributed by atoms with Gasteiger partial charge in [0.15, 0.2) is 6.29 Å². The molecule has 6 heteroatoms. The van der Waals surface area contributed by atoms with Crippen LogP contribution < -0.4 is 0 Å². The van der Waals surface area contributed by atoms with E-state index in [1.54, 1.807) is 22.6 Å². The van der Waals surface area contributed by atoms with E-state index in [4.69, 9.17) is 11.6 Å². The van der Waals surface area contributed by atoms with Crippen molar-refractivity contribution < 1.29 is 13.6 Å². The molecule has 70 valence electrons. The maximum Gasteiger partial charge on any atom is 0.281 e. The van der Waals surface area contributed by atoms with Crippen LogP contribution in [-0.4, -0.2) is 11.3 Å². The van der Waals surface area contributed by atoms with Crippen LogP contribution in [-0.2, 0) is 0 Å². The van der Waals surface area contributed by atoms with E-state index in [2.05, 4.69) is 4.98 Å². The van der Waals surface area contributed by atoms with Gasteiger partial charge in [-0.25, -0.2) is 13.8 Å². The molecular weight excluding hydrogens is 314 g/mol. The van der Waals surface area contributed by atoms with E-state index in [1.807, 2.05) is 0 Å². The topological polar surface area (TPSA) is 30.0 Å². The first-order valence-electron chi connectivity index (χ1n) is 3.15. The lowest BCUT2D eigenvalue weighted by molar-refractivity contribution is 0.112. The van der Waals surface area contributed by atoms with Crippen LogP contribution in [0.2, 0.25) is 5.15 Å². The molecule has 1 aromatic heterocycles. The normalized spacial score (nSPS) is 10.5. The summed E-state index contributed by atoms with van der Waals surface area (Å²) in [5, 5.41) is -0.0992. The Hall–Kier alpha value is -0.300. The van der Waals surface area contributed by atoms with Gasteiger partial charge in [-0.15, -0.1) is 0 Å². The van der Waals surface area contributed by atoms with Crippen LogP contribution in [0.25, 0.3) is 0 Å². The second kappa shape index (κ2) is 4.28. The second-order valence-electron chi connectivity index (χ2n) is 2.15. The maximum atomic E-state index is 12.3. The number of alkyl halides is 2. The fourth-order valence-electron chi connectivity index (χ4n) is 0.766. The van der Waals surface area contributed by atoms with Crippen LogP contribution in [0.15, 0.2) is 6.07 Å². The van der Waals surface area contributed by atoms with Crippen LogP contribution in [0.5, 0.6) is 0 Å². The molecule has 2 nitrogen and oxygen atoms in total. The summed E-state index contributed by atoms with van der Waals surface area (Å²) in [7, 11) is 0. The van der Waals surface area contributed by atoms with Gasteiger partial charge >= 0.3 is 0 Å². The number of halogens is 4. The first-order chi connectivity index (χ1) is 6.06. The van der Waals surface area contributed by atoms with Crippen molar-refractivity contribution in [2.45, 2.75) is 6.43 Å². The Bertz CT molecular complexity index is 346. The largest absolute Gasteiger partial charge is 0.298 e. The summed E-state index contributed by atoms with van der Waals surface area (Å²) in [5.41, 5.74) is -0.314. The molecule has 0 spiro atoms. The number of aromatic nitrogens is 1. The lowest BCUT2D eigenvalue weighted by Crippen LogP contribution is -1.99. The Morgan fingerprint density at radius 1 is 1.62 bits per heavy atom. The van der Waals surface area contributed by atoms with Crippen molar-refractivity contribution in [1.82, 2.24) is 4.98 Å². The first kappa shape index (κ1) is 10.8. The number of carbonyl (C=O) groups excluding carboxylic acids is 1. The van der Waals surface area contributed by atoms with Crippen molar-refractivity contribution in [3.63, 3.8) is 0 Å². The number of carbonyl (C=O) groups is 1. The molecule has 0 atom stereocenters.